The molecule has 0 aliphatic heterocycles. The van der Waals surface area contributed by atoms with Crippen LogP contribution in [0.3, 0.4) is 0 Å². The lowest BCUT2D eigenvalue weighted by Crippen LogP contribution is -2.30. The van der Waals surface area contributed by atoms with Gasteiger partial charge in [-0.25, -0.2) is 4.98 Å². The molecule has 1 aliphatic carbocycles. The zero-order valence-corrected chi connectivity index (χ0v) is 15.6. The Kier molecular flexibility index (Phi) is 4.56. The van der Waals surface area contributed by atoms with Crippen molar-refractivity contribution >= 4 is 17.3 Å². The van der Waals surface area contributed by atoms with E-state index in [0.717, 1.165) is 17.6 Å². The Hall–Kier alpha value is -4.36. The molecule has 0 amide bonds. The van der Waals surface area contributed by atoms with Crippen molar-refractivity contribution in [1.82, 2.24) is 15.2 Å². The van der Waals surface area contributed by atoms with E-state index in [9.17, 15) is 5.26 Å². The van der Waals surface area contributed by atoms with Gasteiger partial charge in [0.2, 0.25) is 0 Å². The average molecular weight is 379 g/mol. The first kappa shape index (κ1) is 18.0. The molecular formula is C22H17N7. The van der Waals surface area contributed by atoms with Crippen LogP contribution in [0.1, 0.15) is 12.0 Å². The van der Waals surface area contributed by atoms with Gasteiger partial charge in [-0.1, -0.05) is 36.0 Å². The normalized spacial score (nSPS) is 14.4. The first-order chi connectivity index (χ1) is 14.1. The van der Waals surface area contributed by atoms with Crippen LogP contribution in [0.2, 0.25) is 0 Å². The zero-order chi connectivity index (χ0) is 20.4. The Morgan fingerprint density at radius 3 is 2.86 bits per heavy atom. The number of nitrogens with one attached hydrogen (secondary N) is 1. The smallest absolute Gasteiger partial charge is 0.163 e. The summed E-state index contributed by atoms with van der Waals surface area (Å²) in [5, 5.41) is 19.9. The van der Waals surface area contributed by atoms with Gasteiger partial charge in [0.15, 0.2) is 11.6 Å². The maximum absolute atomic E-state index is 9.18. The van der Waals surface area contributed by atoms with Gasteiger partial charge in [-0.2, -0.15) is 5.26 Å². The lowest BCUT2D eigenvalue weighted by molar-refractivity contribution is 0.905. The third-order valence-electron chi connectivity index (χ3n) is 4.54. The molecule has 1 atom stereocenters. The van der Waals surface area contributed by atoms with Crippen molar-refractivity contribution in [2.45, 2.75) is 12.5 Å². The predicted molar refractivity (Wildman–Crippen MR) is 111 cm³/mol. The van der Waals surface area contributed by atoms with Crippen LogP contribution in [0.5, 0.6) is 0 Å². The number of nitriles is 1. The number of hydrogen-bond donors (Lipinski definition) is 2. The Labute approximate surface area is 168 Å². The molecule has 2 heterocycles. The number of benzene rings is 1. The fourth-order valence-corrected chi connectivity index (χ4v) is 2.99. The second kappa shape index (κ2) is 7.34. The molecule has 4 rings (SSSR count). The number of nitrogen functional groups attached to an aromatic ring is 1. The second-order valence-electron chi connectivity index (χ2n) is 6.61. The predicted octanol–water partition coefficient (Wildman–Crippen LogP) is 3.31. The molecular weight excluding hydrogens is 362 g/mol. The van der Waals surface area contributed by atoms with E-state index in [1.807, 2.05) is 23.1 Å². The average Bonchev–Trinajstić information content (AvgIpc) is 3.46. The Balaban J connectivity index is 1.72. The molecule has 7 heteroatoms. The van der Waals surface area contributed by atoms with E-state index in [2.05, 4.69) is 47.0 Å². The van der Waals surface area contributed by atoms with Crippen LogP contribution in [0.25, 0.3) is 11.3 Å². The number of aromatic nitrogens is 3. The number of anilines is 3. The summed E-state index contributed by atoms with van der Waals surface area (Å²) >= 11 is 0. The summed E-state index contributed by atoms with van der Waals surface area (Å²) < 4.78 is 0. The number of hydrogen-bond acceptors (Lipinski definition) is 7. The highest BCUT2D eigenvalue weighted by molar-refractivity contribution is 5.74. The number of pyridine rings is 1. The topological polar surface area (TPSA) is 104 Å². The highest BCUT2D eigenvalue weighted by atomic mass is 15.3. The second-order valence-corrected chi connectivity index (χ2v) is 6.61. The molecule has 2 aromatic heterocycles. The van der Waals surface area contributed by atoms with Gasteiger partial charge in [-0.3, -0.25) is 0 Å². The summed E-state index contributed by atoms with van der Waals surface area (Å²) in [7, 11) is 0. The van der Waals surface area contributed by atoms with Crippen molar-refractivity contribution in [3.63, 3.8) is 0 Å². The summed E-state index contributed by atoms with van der Waals surface area (Å²) in [5.41, 5.74) is 9.94. The molecule has 0 saturated heterocycles. The van der Waals surface area contributed by atoms with Crippen molar-refractivity contribution in [3.8, 4) is 17.3 Å². The first-order valence-electron chi connectivity index (χ1n) is 8.88. The molecule has 3 aromatic rings. The van der Waals surface area contributed by atoms with E-state index in [0.29, 0.717) is 34.4 Å². The molecule has 1 aromatic carbocycles. The van der Waals surface area contributed by atoms with Gasteiger partial charge in [-0.15, -0.1) is 5.10 Å². The van der Waals surface area contributed by atoms with Crippen LogP contribution in [-0.4, -0.2) is 21.2 Å². The van der Waals surface area contributed by atoms with Crippen LogP contribution in [0.15, 0.2) is 67.0 Å². The maximum atomic E-state index is 9.18. The minimum Gasteiger partial charge on any atom is -0.396 e. The van der Waals surface area contributed by atoms with Crippen LogP contribution in [0, 0.1) is 23.6 Å². The molecule has 140 valence electrons. The largest absolute Gasteiger partial charge is 0.396 e. The Bertz CT molecular complexity index is 1130. The lowest BCUT2D eigenvalue weighted by Gasteiger charge is -2.27. The minimum absolute atomic E-state index is 0.0395. The van der Waals surface area contributed by atoms with E-state index >= 15 is 0 Å². The van der Waals surface area contributed by atoms with Crippen LogP contribution in [0.4, 0.5) is 17.3 Å². The minimum atomic E-state index is 0.0395. The third kappa shape index (κ3) is 3.71. The molecule has 0 unspecified atom stereocenters. The summed E-state index contributed by atoms with van der Waals surface area (Å²) in [6.07, 6.45) is 3.33. The molecule has 1 fully saturated rings. The molecule has 29 heavy (non-hydrogen) atoms. The molecule has 0 bridgehead atoms. The van der Waals surface area contributed by atoms with E-state index in [1.165, 1.54) is 0 Å². The van der Waals surface area contributed by atoms with Gasteiger partial charge >= 0.3 is 0 Å². The van der Waals surface area contributed by atoms with Crippen molar-refractivity contribution in [2.75, 3.05) is 16.0 Å². The lowest BCUT2D eigenvalue weighted by atomic mass is 10.1. The number of nitrogens with zero attached hydrogens (tertiary/aromatic N) is 5. The molecule has 7 nitrogen and oxygen atoms in total. The highest BCUT2D eigenvalue weighted by Crippen LogP contribution is 2.40. The number of nitrogens with two attached hydrogens (primary N) is 1. The van der Waals surface area contributed by atoms with E-state index in [1.54, 1.807) is 24.3 Å². The molecule has 1 aliphatic rings. The summed E-state index contributed by atoms with van der Waals surface area (Å²) in [4.78, 5) is 6.69. The first-order valence-corrected chi connectivity index (χ1v) is 8.88. The quantitative estimate of drug-likeness (QED) is 0.633. The molecule has 3 N–H and O–H groups in total. The fourth-order valence-electron chi connectivity index (χ4n) is 2.99. The van der Waals surface area contributed by atoms with Gasteiger partial charge in [0.1, 0.15) is 5.82 Å². The van der Waals surface area contributed by atoms with E-state index in [-0.39, 0.29) is 6.04 Å². The van der Waals surface area contributed by atoms with Crippen LogP contribution in [-0.2, 0) is 0 Å². The van der Waals surface area contributed by atoms with Crippen molar-refractivity contribution in [3.05, 3.63) is 84.8 Å². The van der Waals surface area contributed by atoms with Crippen molar-refractivity contribution in [1.29, 1.82) is 5.26 Å². The summed E-state index contributed by atoms with van der Waals surface area (Å²) in [5.74, 6) is 1.59. The van der Waals surface area contributed by atoms with Crippen molar-refractivity contribution < 1.29 is 0 Å². The zero-order valence-electron chi connectivity index (χ0n) is 15.6. The van der Waals surface area contributed by atoms with Crippen LogP contribution < -0.4 is 16.0 Å². The highest BCUT2D eigenvalue weighted by Gasteiger charge is 2.37. The van der Waals surface area contributed by atoms with Gasteiger partial charge in [0.25, 0.3) is 0 Å². The van der Waals surface area contributed by atoms with Gasteiger partial charge in [0, 0.05) is 11.6 Å². The Morgan fingerprint density at radius 1 is 1.34 bits per heavy atom. The third-order valence-corrected chi connectivity index (χ3v) is 4.54. The Morgan fingerprint density at radius 2 is 2.17 bits per heavy atom. The van der Waals surface area contributed by atoms with Crippen LogP contribution >= 0.6 is 0 Å². The molecule has 0 radical (unpaired) electrons. The molecule has 0 spiro atoms. The summed E-state index contributed by atoms with van der Waals surface area (Å²) in [6, 6.07) is 17.5. The van der Waals surface area contributed by atoms with Gasteiger partial charge in [0.05, 0.1) is 35.3 Å². The number of rotatable bonds is 6. The van der Waals surface area contributed by atoms with Crippen molar-refractivity contribution in [2.24, 2.45) is 0 Å². The van der Waals surface area contributed by atoms with Gasteiger partial charge in [-0.05, 0) is 36.8 Å². The molecule has 1 saturated carbocycles. The van der Waals surface area contributed by atoms with E-state index < -0.39 is 0 Å². The maximum Gasteiger partial charge on any atom is 0.163 e. The standard InChI is InChI=1S/C22H17N7/c1-14-11-20(14)29(15(2)26-21-7-4-10-25-28-21)22-18(24)8-9-19(27-22)17-6-3-5-16(12-17)13-23/h3,5-9,12,20H,1-2,11,24H2,(H,26,28)/t20-/m1/s1. The van der Waals surface area contributed by atoms with Gasteiger partial charge < -0.3 is 16.0 Å². The fraction of sp³-hybridized carbons (Fsp3) is 0.0909. The SMILES string of the molecule is C=C1C[C@H]1N(C(=C)Nc1cc#cnn1)c1nc(-c2cccc(C#N)c2)ccc1N. The summed E-state index contributed by atoms with van der Waals surface area (Å²) in [6.45, 7) is 8.20. The van der Waals surface area contributed by atoms with E-state index in [4.69, 9.17) is 10.7 Å². The monoisotopic (exact) mass is 379 g/mol.